The van der Waals surface area contributed by atoms with Crippen LogP contribution in [0.1, 0.15) is 19.3 Å². The molecule has 0 unspecified atom stereocenters. The van der Waals surface area contributed by atoms with E-state index in [1.54, 1.807) is 0 Å². The maximum absolute atomic E-state index is 10.7. The van der Waals surface area contributed by atoms with Gasteiger partial charge < -0.3 is 11.5 Å². The van der Waals surface area contributed by atoms with E-state index in [0.717, 1.165) is 6.42 Å². The quantitative estimate of drug-likeness (QED) is 0.470. The molecule has 5 nitrogen and oxygen atoms in total. The monoisotopic (exact) mass is 171 g/mol. The Kier molecular flexibility index (Phi) is 2.65. The second-order valence-electron chi connectivity index (χ2n) is 3.01. The molecule has 1 rings (SSSR count). The van der Waals surface area contributed by atoms with E-state index < -0.39 is 23.9 Å². The lowest BCUT2D eigenvalue weighted by atomic mass is 9.98. The van der Waals surface area contributed by atoms with Gasteiger partial charge in [0, 0.05) is 0 Å². The highest BCUT2D eigenvalue weighted by molar-refractivity contribution is 5.84. The minimum absolute atomic E-state index is 0.392. The Balaban J connectivity index is 2.51. The average Bonchev–Trinajstić information content (AvgIpc) is 2.04. The molecule has 5 heteroatoms. The van der Waals surface area contributed by atoms with E-state index in [9.17, 15) is 9.59 Å². The molecule has 0 aromatic heterocycles. The fraction of sp³-hybridized carbons (Fsp3) is 0.714. The molecule has 0 saturated carbocycles. The van der Waals surface area contributed by atoms with Gasteiger partial charge in [0.05, 0.1) is 12.1 Å². The number of carbonyl (C=O) groups excluding carboxylic acids is 2. The summed E-state index contributed by atoms with van der Waals surface area (Å²) in [4.78, 5) is 21.5. The molecule has 0 aromatic rings. The Labute approximate surface area is 70.5 Å². The van der Waals surface area contributed by atoms with Gasteiger partial charge >= 0.3 is 0 Å². The Hall–Kier alpha value is -1.10. The highest BCUT2D eigenvalue weighted by Gasteiger charge is 2.27. The van der Waals surface area contributed by atoms with Crippen molar-refractivity contribution in [3.05, 3.63) is 0 Å². The number of nitrogens with one attached hydrogen (secondary N) is 1. The first-order chi connectivity index (χ1) is 5.61. The van der Waals surface area contributed by atoms with Crippen molar-refractivity contribution >= 4 is 11.8 Å². The molecule has 1 heterocycles. The fourth-order valence-corrected chi connectivity index (χ4v) is 1.38. The van der Waals surface area contributed by atoms with Crippen LogP contribution in [-0.4, -0.2) is 23.9 Å². The van der Waals surface area contributed by atoms with Gasteiger partial charge in [0.25, 0.3) is 0 Å². The second kappa shape index (κ2) is 3.53. The molecule has 0 spiro atoms. The van der Waals surface area contributed by atoms with Crippen molar-refractivity contribution in [3.8, 4) is 0 Å². The lowest BCUT2D eigenvalue weighted by Crippen LogP contribution is -2.54. The molecule has 1 fully saturated rings. The summed E-state index contributed by atoms with van der Waals surface area (Å²) in [7, 11) is 0. The van der Waals surface area contributed by atoms with Crippen molar-refractivity contribution in [1.29, 1.82) is 0 Å². The van der Waals surface area contributed by atoms with E-state index in [-0.39, 0.29) is 0 Å². The largest absolute Gasteiger partial charge is 0.368 e. The Morgan fingerprint density at radius 3 is 1.83 bits per heavy atom. The maximum Gasteiger partial charge on any atom is 0.234 e. The predicted octanol–water partition coefficient (Wildman–Crippen LogP) is -1.53. The Bertz CT molecular complexity index is 185. The maximum atomic E-state index is 10.7. The highest BCUT2D eigenvalue weighted by Crippen LogP contribution is 2.11. The van der Waals surface area contributed by atoms with Crippen molar-refractivity contribution < 1.29 is 9.59 Å². The molecule has 2 amide bonds. The van der Waals surface area contributed by atoms with Gasteiger partial charge in [-0.05, 0) is 19.3 Å². The number of rotatable bonds is 2. The number of piperidine rings is 1. The van der Waals surface area contributed by atoms with Gasteiger partial charge in [-0.25, -0.2) is 0 Å². The molecule has 5 N–H and O–H groups in total. The fourth-order valence-electron chi connectivity index (χ4n) is 1.38. The molecule has 68 valence electrons. The molecule has 2 atom stereocenters. The highest BCUT2D eigenvalue weighted by atomic mass is 16.2. The third-order valence-electron chi connectivity index (χ3n) is 2.07. The van der Waals surface area contributed by atoms with Crippen LogP contribution in [0.15, 0.2) is 0 Å². The zero-order valence-corrected chi connectivity index (χ0v) is 6.75. The summed E-state index contributed by atoms with van der Waals surface area (Å²) < 4.78 is 0. The summed E-state index contributed by atoms with van der Waals surface area (Å²) in [6, 6.07) is -0.785. The van der Waals surface area contributed by atoms with Crippen molar-refractivity contribution in [3.63, 3.8) is 0 Å². The number of hydrogen-bond donors (Lipinski definition) is 3. The van der Waals surface area contributed by atoms with Crippen molar-refractivity contribution in [2.24, 2.45) is 11.5 Å². The first kappa shape index (κ1) is 8.99. The van der Waals surface area contributed by atoms with Gasteiger partial charge in [0.1, 0.15) is 0 Å². The minimum atomic E-state index is -0.416. The second-order valence-corrected chi connectivity index (χ2v) is 3.01. The molecule has 0 bridgehead atoms. The summed E-state index contributed by atoms with van der Waals surface area (Å²) >= 11 is 0. The lowest BCUT2D eigenvalue weighted by Gasteiger charge is -2.26. The van der Waals surface area contributed by atoms with Crippen LogP contribution in [0.25, 0.3) is 0 Å². The summed E-state index contributed by atoms with van der Waals surface area (Å²) in [6.45, 7) is 0. The van der Waals surface area contributed by atoms with Gasteiger partial charge in [-0.3, -0.25) is 14.9 Å². The predicted molar refractivity (Wildman–Crippen MR) is 43.0 cm³/mol. The van der Waals surface area contributed by atoms with Crippen LogP contribution >= 0.6 is 0 Å². The van der Waals surface area contributed by atoms with Crippen LogP contribution in [0.2, 0.25) is 0 Å². The lowest BCUT2D eigenvalue weighted by molar-refractivity contribution is -0.123. The van der Waals surface area contributed by atoms with Crippen molar-refractivity contribution in [2.75, 3.05) is 0 Å². The topological polar surface area (TPSA) is 98.2 Å². The van der Waals surface area contributed by atoms with Crippen LogP contribution in [0, 0.1) is 0 Å². The van der Waals surface area contributed by atoms with Crippen LogP contribution in [0.5, 0.6) is 0 Å². The molecule has 0 aromatic carbocycles. The number of carbonyl (C=O) groups is 2. The van der Waals surface area contributed by atoms with Gasteiger partial charge in [0.2, 0.25) is 11.8 Å². The smallest absolute Gasteiger partial charge is 0.234 e. The molecule has 1 aliphatic rings. The first-order valence-corrected chi connectivity index (χ1v) is 3.96. The summed E-state index contributed by atoms with van der Waals surface area (Å²) in [5.74, 6) is -0.832. The standard InChI is InChI=1S/C7H13N3O2/c8-6(11)4-2-1-3-5(10-4)7(9)12/h4-5,10H,1-3H2,(H2,8,11)(H2,9,12)/t4-,5-/m0/s1. The first-order valence-electron chi connectivity index (χ1n) is 3.96. The van der Waals surface area contributed by atoms with Gasteiger partial charge in [-0.15, -0.1) is 0 Å². The Morgan fingerprint density at radius 1 is 1.08 bits per heavy atom. The summed E-state index contributed by atoms with van der Waals surface area (Å²) in [5.41, 5.74) is 10.2. The zero-order valence-electron chi connectivity index (χ0n) is 6.75. The molecule has 0 radical (unpaired) electrons. The summed E-state index contributed by atoms with van der Waals surface area (Å²) in [5, 5.41) is 2.80. The van der Waals surface area contributed by atoms with E-state index in [0.29, 0.717) is 12.8 Å². The normalized spacial score (nSPS) is 29.7. The van der Waals surface area contributed by atoms with E-state index >= 15 is 0 Å². The van der Waals surface area contributed by atoms with Crippen molar-refractivity contribution in [1.82, 2.24) is 5.32 Å². The van der Waals surface area contributed by atoms with Crippen LogP contribution in [-0.2, 0) is 9.59 Å². The molecule has 1 aliphatic heterocycles. The van der Waals surface area contributed by atoms with E-state index in [2.05, 4.69) is 5.32 Å². The molecule has 12 heavy (non-hydrogen) atoms. The van der Waals surface area contributed by atoms with E-state index in [1.807, 2.05) is 0 Å². The van der Waals surface area contributed by atoms with E-state index in [1.165, 1.54) is 0 Å². The zero-order chi connectivity index (χ0) is 9.14. The SMILES string of the molecule is NC(=O)[C@@H]1CCC[C@@H](C(N)=O)N1. The average molecular weight is 171 g/mol. The van der Waals surface area contributed by atoms with Gasteiger partial charge in [-0.2, -0.15) is 0 Å². The van der Waals surface area contributed by atoms with E-state index in [4.69, 9.17) is 11.5 Å². The summed E-state index contributed by atoms with van der Waals surface area (Å²) in [6.07, 6.45) is 2.20. The molecule has 0 aliphatic carbocycles. The number of amides is 2. The van der Waals surface area contributed by atoms with Gasteiger partial charge in [0.15, 0.2) is 0 Å². The van der Waals surface area contributed by atoms with Crippen LogP contribution in [0.3, 0.4) is 0 Å². The number of nitrogens with two attached hydrogens (primary N) is 2. The molecule has 1 saturated heterocycles. The van der Waals surface area contributed by atoms with Crippen LogP contribution < -0.4 is 16.8 Å². The Morgan fingerprint density at radius 2 is 1.50 bits per heavy atom. The number of hydrogen-bond acceptors (Lipinski definition) is 3. The minimum Gasteiger partial charge on any atom is -0.368 e. The van der Waals surface area contributed by atoms with Gasteiger partial charge in [-0.1, -0.05) is 0 Å². The van der Waals surface area contributed by atoms with Crippen LogP contribution in [0.4, 0.5) is 0 Å². The third-order valence-corrected chi connectivity index (χ3v) is 2.07. The third kappa shape index (κ3) is 1.94. The van der Waals surface area contributed by atoms with Crippen molar-refractivity contribution in [2.45, 2.75) is 31.3 Å². The molecular weight excluding hydrogens is 158 g/mol. The molecular formula is C7H13N3O2. The number of primary amides is 2.